The highest BCUT2D eigenvalue weighted by atomic mass is 32.1. The lowest BCUT2D eigenvalue weighted by Gasteiger charge is -2.31. The van der Waals surface area contributed by atoms with Crippen molar-refractivity contribution in [2.24, 2.45) is 0 Å². The molecule has 0 bridgehead atoms. The average molecular weight is 301 g/mol. The monoisotopic (exact) mass is 301 g/mol. The van der Waals surface area contributed by atoms with Crippen LogP contribution >= 0.6 is 11.3 Å². The van der Waals surface area contributed by atoms with Crippen LogP contribution in [0.15, 0.2) is 18.3 Å². The van der Waals surface area contributed by atoms with Gasteiger partial charge in [-0.25, -0.2) is 4.98 Å². The number of thiazole rings is 1. The normalized spacial score (nSPS) is 19.3. The molecule has 21 heavy (non-hydrogen) atoms. The highest BCUT2D eigenvalue weighted by Crippen LogP contribution is 2.41. The zero-order chi connectivity index (χ0) is 14.8. The van der Waals surface area contributed by atoms with E-state index in [1.54, 1.807) is 0 Å². The van der Waals surface area contributed by atoms with Gasteiger partial charge >= 0.3 is 0 Å². The summed E-state index contributed by atoms with van der Waals surface area (Å²) in [6, 6.07) is 4.64. The average Bonchev–Trinajstić information content (AvgIpc) is 2.83. The first-order valence-electron chi connectivity index (χ1n) is 7.81. The van der Waals surface area contributed by atoms with Gasteiger partial charge in [-0.3, -0.25) is 4.98 Å². The van der Waals surface area contributed by atoms with Gasteiger partial charge in [0, 0.05) is 22.7 Å². The van der Waals surface area contributed by atoms with Crippen LogP contribution in [0.1, 0.15) is 58.6 Å². The van der Waals surface area contributed by atoms with Gasteiger partial charge in [0.05, 0.1) is 16.7 Å². The minimum atomic E-state index is 0.343. The summed E-state index contributed by atoms with van der Waals surface area (Å²) in [5, 5.41) is 4.85. The fraction of sp³-hybridized carbons (Fsp3) is 0.529. The van der Waals surface area contributed by atoms with Crippen LogP contribution in [0.5, 0.6) is 0 Å². The van der Waals surface area contributed by atoms with Crippen LogP contribution in [0.4, 0.5) is 0 Å². The molecule has 0 radical (unpaired) electrons. The van der Waals surface area contributed by atoms with Crippen LogP contribution in [0.2, 0.25) is 0 Å². The first-order valence-corrected chi connectivity index (χ1v) is 8.63. The summed E-state index contributed by atoms with van der Waals surface area (Å²) >= 11 is 1.83. The van der Waals surface area contributed by atoms with Crippen LogP contribution in [0.3, 0.4) is 0 Å². The number of hydrogen-bond acceptors (Lipinski definition) is 4. The van der Waals surface area contributed by atoms with Gasteiger partial charge in [-0.1, -0.05) is 13.0 Å². The number of rotatable bonds is 4. The lowest BCUT2D eigenvalue weighted by atomic mass is 9.81. The molecule has 0 spiro atoms. The molecule has 2 unspecified atom stereocenters. The van der Waals surface area contributed by atoms with Gasteiger partial charge in [0.15, 0.2) is 0 Å². The summed E-state index contributed by atoms with van der Waals surface area (Å²) in [4.78, 5) is 10.7. The maximum absolute atomic E-state index is 4.71. The molecule has 2 atom stereocenters. The van der Waals surface area contributed by atoms with Gasteiger partial charge < -0.3 is 5.32 Å². The third-order valence-corrected chi connectivity index (χ3v) is 5.44. The molecule has 0 saturated heterocycles. The zero-order valence-electron chi connectivity index (χ0n) is 13.0. The highest BCUT2D eigenvalue weighted by Gasteiger charge is 2.31. The van der Waals surface area contributed by atoms with E-state index in [0.29, 0.717) is 12.0 Å². The van der Waals surface area contributed by atoms with Gasteiger partial charge in [0.25, 0.3) is 0 Å². The number of aryl methyl sites for hydroxylation is 3. The van der Waals surface area contributed by atoms with Gasteiger partial charge in [-0.2, -0.15) is 0 Å². The quantitative estimate of drug-likeness (QED) is 0.930. The minimum absolute atomic E-state index is 0.343. The van der Waals surface area contributed by atoms with E-state index in [1.807, 2.05) is 17.5 Å². The number of hydrogen-bond donors (Lipinski definition) is 1. The number of likely N-dealkylation sites (N-methyl/N-ethyl adjacent to an activating group) is 1. The predicted octanol–water partition coefficient (Wildman–Crippen LogP) is 3.93. The van der Waals surface area contributed by atoms with E-state index in [4.69, 9.17) is 4.98 Å². The van der Waals surface area contributed by atoms with Crippen molar-refractivity contribution in [3.05, 3.63) is 45.2 Å². The van der Waals surface area contributed by atoms with E-state index in [9.17, 15) is 0 Å². The fourth-order valence-corrected chi connectivity index (χ4v) is 4.51. The molecule has 3 nitrogen and oxygen atoms in total. The molecule has 0 aliphatic heterocycles. The van der Waals surface area contributed by atoms with Crippen molar-refractivity contribution in [1.29, 1.82) is 0 Å². The van der Waals surface area contributed by atoms with Crippen molar-refractivity contribution in [1.82, 2.24) is 15.3 Å². The van der Waals surface area contributed by atoms with Gasteiger partial charge in [-0.05, 0) is 51.3 Å². The molecule has 1 aliphatic rings. The summed E-state index contributed by atoms with van der Waals surface area (Å²) in [7, 11) is 0. The summed E-state index contributed by atoms with van der Waals surface area (Å²) in [5.74, 6) is 0.466. The molecule has 0 amide bonds. The van der Waals surface area contributed by atoms with E-state index in [0.717, 1.165) is 11.6 Å². The first kappa shape index (κ1) is 14.7. The zero-order valence-corrected chi connectivity index (χ0v) is 13.8. The van der Waals surface area contributed by atoms with Gasteiger partial charge in [-0.15, -0.1) is 11.3 Å². The Hall–Kier alpha value is -1.26. The Morgan fingerprint density at radius 1 is 1.43 bits per heavy atom. The fourth-order valence-electron chi connectivity index (χ4n) is 3.44. The van der Waals surface area contributed by atoms with E-state index in [2.05, 4.69) is 43.2 Å². The Kier molecular flexibility index (Phi) is 4.36. The molecule has 1 aliphatic carbocycles. The third kappa shape index (κ3) is 2.87. The lowest BCUT2D eigenvalue weighted by molar-refractivity contribution is 0.403. The van der Waals surface area contributed by atoms with E-state index < -0.39 is 0 Å². The van der Waals surface area contributed by atoms with E-state index in [-0.39, 0.29) is 0 Å². The second-order valence-corrected chi connectivity index (χ2v) is 7.00. The predicted molar refractivity (Wildman–Crippen MR) is 87.9 cm³/mol. The highest BCUT2D eigenvalue weighted by molar-refractivity contribution is 7.11. The molecular weight excluding hydrogens is 278 g/mol. The molecule has 0 fully saturated rings. The molecule has 3 rings (SSSR count). The largest absolute Gasteiger partial charge is 0.309 e. The Morgan fingerprint density at radius 3 is 3.00 bits per heavy atom. The van der Waals surface area contributed by atoms with Crippen LogP contribution in [-0.2, 0) is 6.42 Å². The van der Waals surface area contributed by atoms with Crippen molar-refractivity contribution in [3.63, 3.8) is 0 Å². The molecule has 1 N–H and O–H groups in total. The first-order chi connectivity index (χ1) is 10.2. The van der Waals surface area contributed by atoms with Crippen molar-refractivity contribution < 1.29 is 0 Å². The van der Waals surface area contributed by atoms with Crippen molar-refractivity contribution >= 4 is 11.3 Å². The minimum Gasteiger partial charge on any atom is -0.309 e. The molecule has 0 aromatic carbocycles. The van der Waals surface area contributed by atoms with E-state index >= 15 is 0 Å². The Bertz CT molecular complexity index is 620. The molecule has 0 saturated carbocycles. The summed E-state index contributed by atoms with van der Waals surface area (Å²) in [5.41, 5.74) is 3.89. The Labute approximate surface area is 130 Å². The number of pyridine rings is 1. The molecule has 2 aromatic heterocycles. The number of nitrogens with one attached hydrogen (secondary N) is 1. The van der Waals surface area contributed by atoms with Crippen LogP contribution in [-0.4, -0.2) is 16.5 Å². The SMILES string of the molecule is CCNC(c1sc(C)nc1C)C1CCCc2cccnc21. The third-order valence-electron chi connectivity index (χ3n) is 4.29. The van der Waals surface area contributed by atoms with Gasteiger partial charge in [0.1, 0.15) is 0 Å². The van der Waals surface area contributed by atoms with Crippen molar-refractivity contribution in [2.45, 2.75) is 52.0 Å². The summed E-state index contributed by atoms with van der Waals surface area (Å²) in [6.07, 6.45) is 5.56. The molecular formula is C17H23N3S. The lowest BCUT2D eigenvalue weighted by Crippen LogP contribution is -2.29. The smallest absolute Gasteiger partial charge is 0.0900 e. The standard InChI is InChI=1S/C17H23N3S/c1-4-18-16(17-11(2)20-12(3)21-17)14-9-5-7-13-8-6-10-19-15(13)14/h6,8,10,14,16,18H,4-5,7,9H2,1-3H3. The number of nitrogens with zero attached hydrogens (tertiary/aromatic N) is 2. The summed E-state index contributed by atoms with van der Waals surface area (Å²) in [6.45, 7) is 7.38. The molecule has 2 heterocycles. The Morgan fingerprint density at radius 2 is 2.29 bits per heavy atom. The number of aromatic nitrogens is 2. The number of fused-ring (bicyclic) bond motifs is 1. The maximum atomic E-state index is 4.71. The van der Waals surface area contributed by atoms with Crippen molar-refractivity contribution in [3.8, 4) is 0 Å². The molecule has 112 valence electrons. The maximum Gasteiger partial charge on any atom is 0.0900 e. The van der Waals surface area contributed by atoms with Crippen LogP contribution in [0.25, 0.3) is 0 Å². The van der Waals surface area contributed by atoms with Crippen LogP contribution < -0.4 is 5.32 Å². The Balaban J connectivity index is 2.01. The van der Waals surface area contributed by atoms with Crippen molar-refractivity contribution in [2.75, 3.05) is 6.54 Å². The second kappa shape index (κ2) is 6.24. The van der Waals surface area contributed by atoms with E-state index in [1.165, 1.54) is 41.1 Å². The topological polar surface area (TPSA) is 37.8 Å². The molecule has 2 aromatic rings. The van der Waals surface area contributed by atoms with Gasteiger partial charge in [0.2, 0.25) is 0 Å². The van der Waals surface area contributed by atoms with Crippen LogP contribution in [0, 0.1) is 13.8 Å². The second-order valence-electron chi connectivity index (χ2n) is 5.76. The molecule has 4 heteroatoms. The summed E-state index contributed by atoms with van der Waals surface area (Å²) < 4.78 is 0.